The van der Waals surface area contributed by atoms with Crippen LogP contribution in [0.2, 0.25) is 16.6 Å². The van der Waals surface area contributed by atoms with Crippen LogP contribution in [0.25, 0.3) is 0 Å². The lowest BCUT2D eigenvalue weighted by Crippen LogP contribution is -2.51. The van der Waals surface area contributed by atoms with Crippen LogP contribution in [-0.2, 0) is 18.8 Å². The first-order valence-electron chi connectivity index (χ1n) is 8.69. The van der Waals surface area contributed by atoms with Crippen LogP contribution in [0, 0.1) is 16.0 Å². The van der Waals surface area contributed by atoms with E-state index in [-0.39, 0.29) is 23.0 Å². The first-order valence-corrected chi connectivity index (χ1v) is 10.8. The van der Waals surface area contributed by atoms with Crippen LogP contribution in [0.1, 0.15) is 61.8 Å². The predicted molar refractivity (Wildman–Crippen MR) is 98.3 cm³/mol. The molecule has 0 aliphatic carbocycles. The van der Waals surface area contributed by atoms with Gasteiger partial charge < -0.3 is 9.16 Å². The molecule has 0 bridgehead atoms. The Kier molecular flexibility index (Phi) is 8.27. The largest absolute Gasteiger partial charge is 0.518 e. The SMILES string of the molecule is COC(=O)[C@@H](CC(=O)O[Si](C(C)C)(C(C)C)C(C)C)C(C)(C)[N+](=O)[O-]. The summed E-state index contributed by atoms with van der Waals surface area (Å²) in [5, 5.41) is 11.3. The van der Waals surface area contributed by atoms with E-state index in [4.69, 9.17) is 4.43 Å². The van der Waals surface area contributed by atoms with Gasteiger partial charge in [0.25, 0.3) is 14.3 Å². The summed E-state index contributed by atoms with van der Waals surface area (Å²) in [5.74, 6) is -2.53. The number of nitro groups is 1. The molecule has 0 aromatic rings. The molecule has 0 saturated heterocycles. The van der Waals surface area contributed by atoms with Gasteiger partial charge in [-0.1, -0.05) is 41.5 Å². The average molecular weight is 376 g/mol. The van der Waals surface area contributed by atoms with E-state index in [0.29, 0.717) is 0 Å². The van der Waals surface area contributed by atoms with Crippen molar-refractivity contribution in [1.29, 1.82) is 0 Å². The third-order valence-electron chi connectivity index (χ3n) is 5.18. The molecule has 0 spiro atoms. The second-order valence-corrected chi connectivity index (χ2v) is 13.4. The van der Waals surface area contributed by atoms with E-state index in [2.05, 4.69) is 4.74 Å². The van der Waals surface area contributed by atoms with Crippen LogP contribution in [0.15, 0.2) is 0 Å². The molecule has 1 atom stereocenters. The van der Waals surface area contributed by atoms with Gasteiger partial charge in [-0.05, 0) is 16.6 Å². The Bertz CT molecular complexity index is 480. The summed E-state index contributed by atoms with van der Waals surface area (Å²) in [6.07, 6.45) is -0.360. The molecule has 0 radical (unpaired) electrons. The lowest BCUT2D eigenvalue weighted by atomic mass is 9.85. The zero-order valence-electron chi connectivity index (χ0n) is 16.9. The second kappa shape index (κ2) is 8.78. The van der Waals surface area contributed by atoms with E-state index in [9.17, 15) is 19.7 Å². The minimum atomic E-state index is -2.46. The van der Waals surface area contributed by atoms with Gasteiger partial charge in [-0.2, -0.15) is 0 Å². The van der Waals surface area contributed by atoms with Gasteiger partial charge in [0.2, 0.25) is 5.54 Å². The summed E-state index contributed by atoms with van der Waals surface area (Å²) >= 11 is 0. The lowest BCUT2D eigenvalue weighted by molar-refractivity contribution is -0.568. The number of ether oxygens (including phenoxy) is 1. The number of carbonyl (C=O) groups excluding carboxylic acids is 2. The summed E-state index contributed by atoms with van der Waals surface area (Å²) in [5.41, 5.74) is -1.05. The van der Waals surface area contributed by atoms with Crippen LogP contribution >= 0.6 is 0 Å². The zero-order chi connectivity index (χ0) is 20.2. The maximum Gasteiger partial charge on any atom is 0.316 e. The molecule has 0 amide bonds. The Hall–Kier alpha value is -1.44. The quantitative estimate of drug-likeness (QED) is 0.262. The number of carbonyl (C=O) groups is 2. The fraction of sp³-hybridized carbons (Fsp3) is 0.882. The molecule has 0 aliphatic rings. The minimum Gasteiger partial charge on any atom is -0.518 e. The molecule has 0 aromatic heterocycles. The molecular weight excluding hydrogens is 342 g/mol. The maximum atomic E-state index is 12.7. The normalized spacial score (nSPS) is 13.9. The highest BCUT2D eigenvalue weighted by Gasteiger charge is 2.51. The lowest BCUT2D eigenvalue weighted by Gasteiger charge is -2.41. The van der Waals surface area contributed by atoms with E-state index >= 15 is 0 Å². The van der Waals surface area contributed by atoms with Crippen molar-refractivity contribution < 1.29 is 23.7 Å². The number of hydrogen-bond acceptors (Lipinski definition) is 6. The van der Waals surface area contributed by atoms with Gasteiger partial charge >= 0.3 is 5.97 Å². The summed E-state index contributed by atoms with van der Waals surface area (Å²) in [7, 11) is -1.30. The standard InChI is InChI=1S/C17H33NO6Si/c1-11(2)25(12(3)4,13(5)6)24-15(19)10-14(16(20)23-9)17(7,8)18(21)22/h11-14H,10H2,1-9H3/t14-/m1/s1. The van der Waals surface area contributed by atoms with Crippen molar-refractivity contribution in [2.45, 2.75) is 84.0 Å². The van der Waals surface area contributed by atoms with Crippen LogP contribution < -0.4 is 0 Å². The van der Waals surface area contributed by atoms with Crippen LogP contribution in [-0.4, -0.2) is 37.8 Å². The third kappa shape index (κ3) is 5.02. The minimum absolute atomic E-state index is 0.191. The topological polar surface area (TPSA) is 95.7 Å². The molecule has 25 heavy (non-hydrogen) atoms. The highest BCUT2D eigenvalue weighted by Crippen LogP contribution is 2.42. The van der Waals surface area contributed by atoms with Crippen molar-refractivity contribution in [3.63, 3.8) is 0 Å². The van der Waals surface area contributed by atoms with Crippen molar-refractivity contribution in [2.24, 2.45) is 5.92 Å². The van der Waals surface area contributed by atoms with Crippen LogP contribution in [0.3, 0.4) is 0 Å². The Morgan fingerprint density at radius 2 is 1.44 bits per heavy atom. The molecule has 0 saturated carbocycles. The zero-order valence-corrected chi connectivity index (χ0v) is 17.9. The monoisotopic (exact) mass is 375 g/mol. The van der Waals surface area contributed by atoms with Gasteiger partial charge in [-0.15, -0.1) is 0 Å². The number of nitrogens with zero attached hydrogens (tertiary/aromatic N) is 1. The molecule has 0 heterocycles. The molecule has 146 valence electrons. The first-order chi connectivity index (χ1) is 11.2. The van der Waals surface area contributed by atoms with Crippen molar-refractivity contribution in [1.82, 2.24) is 0 Å². The molecule has 8 heteroatoms. The number of rotatable bonds is 9. The molecule has 0 unspecified atom stereocenters. The van der Waals surface area contributed by atoms with E-state index in [1.807, 2.05) is 41.5 Å². The summed E-state index contributed by atoms with van der Waals surface area (Å²) < 4.78 is 10.7. The Morgan fingerprint density at radius 3 is 1.72 bits per heavy atom. The number of hydrogen-bond donors (Lipinski definition) is 0. The average Bonchev–Trinajstić information content (AvgIpc) is 2.47. The highest BCUT2D eigenvalue weighted by molar-refractivity contribution is 6.78. The molecule has 7 nitrogen and oxygen atoms in total. The maximum absolute atomic E-state index is 12.7. The number of esters is 1. The van der Waals surface area contributed by atoms with E-state index in [1.165, 1.54) is 13.8 Å². The fourth-order valence-corrected chi connectivity index (χ4v) is 8.83. The van der Waals surface area contributed by atoms with Crippen molar-refractivity contribution in [3.05, 3.63) is 10.1 Å². The van der Waals surface area contributed by atoms with Gasteiger partial charge in [0.05, 0.1) is 13.5 Å². The van der Waals surface area contributed by atoms with Crippen molar-refractivity contribution in [3.8, 4) is 0 Å². The van der Waals surface area contributed by atoms with Crippen LogP contribution in [0.5, 0.6) is 0 Å². The highest BCUT2D eigenvalue weighted by atomic mass is 28.4. The van der Waals surface area contributed by atoms with Gasteiger partial charge in [0.15, 0.2) is 0 Å². The summed E-state index contributed by atoms with van der Waals surface area (Å²) in [6, 6.07) is 0. The molecule has 0 N–H and O–H groups in total. The Labute approximate surface area is 151 Å². The van der Waals surface area contributed by atoms with Gasteiger partial charge in [0, 0.05) is 18.8 Å². The fourth-order valence-electron chi connectivity index (χ4n) is 3.65. The molecular formula is C17H33NO6Si. The third-order valence-corrected chi connectivity index (χ3v) is 11.2. The van der Waals surface area contributed by atoms with Gasteiger partial charge in [0.1, 0.15) is 5.92 Å². The van der Waals surface area contributed by atoms with E-state index < -0.39 is 36.6 Å². The van der Waals surface area contributed by atoms with E-state index in [1.54, 1.807) is 0 Å². The van der Waals surface area contributed by atoms with Crippen molar-refractivity contribution in [2.75, 3.05) is 7.11 Å². The summed E-state index contributed by atoms with van der Waals surface area (Å²) in [6.45, 7) is 14.9. The second-order valence-electron chi connectivity index (χ2n) is 7.98. The number of methoxy groups -OCH3 is 1. The summed E-state index contributed by atoms with van der Waals surface area (Å²) in [4.78, 5) is 35.5. The van der Waals surface area contributed by atoms with Crippen LogP contribution in [0.4, 0.5) is 0 Å². The molecule has 0 aliphatic heterocycles. The Balaban J connectivity index is 5.64. The Morgan fingerprint density at radius 1 is 1.04 bits per heavy atom. The molecule has 0 fully saturated rings. The molecule has 0 rings (SSSR count). The van der Waals surface area contributed by atoms with Crippen molar-refractivity contribution >= 4 is 20.3 Å². The van der Waals surface area contributed by atoms with Gasteiger partial charge in [-0.3, -0.25) is 19.7 Å². The van der Waals surface area contributed by atoms with Gasteiger partial charge in [-0.25, -0.2) is 0 Å². The van der Waals surface area contributed by atoms with E-state index in [0.717, 1.165) is 7.11 Å². The molecule has 0 aromatic carbocycles. The smallest absolute Gasteiger partial charge is 0.316 e. The predicted octanol–water partition coefficient (Wildman–Crippen LogP) is 3.94. The first kappa shape index (κ1) is 23.6.